The Bertz CT molecular complexity index is 1240. The highest BCUT2D eigenvalue weighted by molar-refractivity contribution is 5.87. The highest BCUT2D eigenvalue weighted by Gasteiger charge is 2.15. The number of pyridine rings is 2. The molecule has 1 N–H and O–H groups in total. The van der Waals surface area contributed by atoms with Crippen LogP contribution >= 0.6 is 0 Å². The van der Waals surface area contributed by atoms with Gasteiger partial charge in [0.25, 0.3) is 5.88 Å². The van der Waals surface area contributed by atoms with E-state index in [1.165, 1.54) is 4.68 Å². The molecule has 0 unspecified atom stereocenters. The number of hydrogen-bond acceptors (Lipinski definition) is 7. The van der Waals surface area contributed by atoms with E-state index >= 15 is 0 Å². The van der Waals surface area contributed by atoms with Gasteiger partial charge in [0.1, 0.15) is 6.54 Å². The summed E-state index contributed by atoms with van der Waals surface area (Å²) >= 11 is 0. The minimum atomic E-state index is 0.0559. The molecular formula is C21H20N6O3. The topological polar surface area (TPSA) is 111 Å². The summed E-state index contributed by atoms with van der Waals surface area (Å²) in [5.74, 6) is 1.06. The molecule has 0 spiro atoms. The van der Waals surface area contributed by atoms with Gasteiger partial charge in [0, 0.05) is 18.0 Å². The van der Waals surface area contributed by atoms with Crippen LogP contribution in [0, 0.1) is 11.3 Å². The molecule has 0 aliphatic heterocycles. The molecule has 9 nitrogen and oxygen atoms in total. The molecular weight excluding hydrogens is 384 g/mol. The van der Waals surface area contributed by atoms with Crippen molar-refractivity contribution >= 4 is 10.9 Å². The Kier molecular flexibility index (Phi) is 5.22. The first kappa shape index (κ1) is 19.3. The number of fused-ring (bicyclic) bond motifs is 1. The fraction of sp³-hybridized carbons (Fsp3) is 0.238. The Morgan fingerprint density at radius 2 is 1.97 bits per heavy atom. The van der Waals surface area contributed by atoms with Gasteiger partial charge in [0.15, 0.2) is 5.75 Å². The van der Waals surface area contributed by atoms with Crippen LogP contribution in [-0.2, 0) is 6.54 Å². The maximum Gasteiger partial charge on any atom is 0.257 e. The molecule has 0 aromatic carbocycles. The van der Waals surface area contributed by atoms with Gasteiger partial charge in [-0.2, -0.15) is 10.4 Å². The van der Waals surface area contributed by atoms with Gasteiger partial charge in [-0.05, 0) is 32.0 Å². The molecule has 0 atom stereocenters. The van der Waals surface area contributed by atoms with Crippen LogP contribution in [0.2, 0.25) is 0 Å². The highest BCUT2D eigenvalue weighted by Crippen LogP contribution is 2.33. The van der Waals surface area contributed by atoms with Crippen molar-refractivity contribution < 1.29 is 14.6 Å². The first-order chi connectivity index (χ1) is 14.6. The van der Waals surface area contributed by atoms with E-state index in [-0.39, 0.29) is 12.4 Å². The summed E-state index contributed by atoms with van der Waals surface area (Å²) in [5.41, 5.74) is 2.72. The van der Waals surface area contributed by atoms with E-state index in [0.29, 0.717) is 47.1 Å². The van der Waals surface area contributed by atoms with E-state index in [2.05, 4.69) is 15.1 Å². The zero-order valence-corrected chi connectivity index (χ0v) is 16.6. The third-order valence-corrected chi connectivity index (χ3v) is 4.47. The summed E-state index contributed by atoms with van der Waals surface area (Å²) < 4.78 is 14.3. The van der Waals surface area contributed by atoms with Crippen LogP contribution < -0.4 is 9.47 Å². The zero-order chi connectivity index (χ0) is 21.1. The smallest absolute Gasteiger partial charge is 0.257 e. The summed E-state index contributed by atoms with van der Waals surface area (Å²) in [6.07, 6.45) is 6.69. The van der Waals surface area contributed by atoms with E-state index in [4.69, 9.17) is 14.7 Å². The van der Waals surface area contributed by atoms with E-state index in [0.717, 1.165) is 5.56 Å². The molecule has 4 aromatic rings. The molecule has 0 bridgehead atoms. The number of nitrogens with zero attached hydrogens (tertiary/aromatic N) is 6. The molecule has 0 radical (unpaired) electrons. The Morgan fingerprint density at radius 3 is 2.73 bits per heavy atom. The van der Waals surface area contributed by atoms with Crippen molar-refractivity contribution in [3.05, 3.63) is 43.0 Å². The van der Waals surface area contributed by atoms with Gasteiger partial charge in [-0.1, -0.05) is 0 Å². The second kappa shape index (κ2) is 8.13. The van der Waals surface area contributed by atoms with Crippen molar-refractivity contribution in [3.63, 3.8) is 0 Å². The number of hydrogen-bond donors (Lipinski definition) is 1. The normalized spacial score (nSPS) is 10.8. The number of ether oxygens (including phenoxy) is 2. The molecule has 0 amide bonds. The van der Waals surface area contributed by atoms with Crippen LogP contribution in [0.25, 0.3) is 27.8 Å². The average molecular weight is 404 g/mol. The zero-order valence-electron chi connectivity index (χ0n) is 16.6. The standard InChI is InChI=1S/C21H20N6O3/c1-3-29-19-9-14(10-23-20(19)30-4-2)17-6-5-16-18(25-17)13-27(21(16)28)15-11-24-26(12-15)8-7-22/h5-6,9-13,28H,3-4,8H2,1-2H3. The van der Waals surface area contributed by atoms with Gasteiger partial charge >= 0.3 is 0 Å². The van der Waals surface area contributed by atoms with Crippen LogP contribution in [0.5, 0.6) is 17.5 Å². The highest BCUT2D eigenvalue weighted by atomic mass is 16.5. The van der Waals surface area contributed by atoms with Gasteiger partial charge in [0.05, 0.1) is 54.0 Å². The summed E-state index contributed by atoms with van der Waals surface area (Å²) in [5, 5.41) is 24.2. The lowest BCUT2D eigenvalue weighted by atomic mass is 10.1. The molecule has 30 heavy (non-hydrogen) atoms. The molecule has 0 saturated heterocycles. The van der Waals surface area contributed by atoms with Crippen LogP contribution in [-0.4, -0.2) is 42.6 Å². The van der Waals surface area contributed by atoms with E-state index < -0.39 is 0 Å². The molecule has 0 saturated carbocycles. The lowest BCUT2D eigenvalue weighted by Crippen LogP contribution is -2.01. The maximum absolute atomic E-state index is 10.6. The average Bonchev–Trinajstić information content (AvgIpc) is 3.34. The third kappa shape index (κ3) is 3.51. The third-order valence-electron chi connectivity index (χ3n) is 4.47. The van der Waals surface area contributed by atoms with Crippen LogP contribution in [0.15, 0.2) is 43.0 Å². The second-order valence-corrected chi connectivity index (χ2v) is 6.40. The van der Waals surface area contributed by atoms with Gasteiger partial charge < -0.3 is 14.6 Å². The molecule has 0 aliphatic carbocycles. The monoisotopic (exact) mass is 404 g/mol. The lowest BCUT2D eigenvalue weighted by molar-refractivity contribution is 0.278. The number of rotatable bonds is 7. The van der Waals surface area contributed by atoms with Gasteiger partial charge in [-0.15, -0.1) is 0 Å². The van der Waals surface area contributed by atoms with Gasteiger partial charge in [0.2, 0.25) is 5.88 Å². The van der Waals surface area contributed by atoms with Crippen molar-refractivity contribution in [1.29, 1.82) is 5.26 Å². The van der Waals surface area contributed by atoms with Crippen LogP contribution in [0.1, 0.15) is 13.8 Å². The Hall–Kier alpha value is -4.06. The summed E-state index contributed by atoms with van der Waals surface area (Å²) in [6.45, 7) is 4.91. The van der Waals surface area contributed by atoms with Crippen LogP contribution in [0.4, 0.5) is 0 Å². The summed E-state index contributed by atoms with van der Waals surface area (Å²) in [6, 6.07) is 7.50. The van der Waals surface area contributed by atoms with Crippen molar-refractivity contribution in [2.24, 2.45) is 0 Å². The molecule has 4 heterocycles. The number of nitriles is 1. The predicted molar refractivity (Wildman–Crippen MR) is 110 cm³/mol. The SMILES string of the molecule is CCOc1cc(-c2ccc3c(O)n(-c4cnn(CC#N)c4)cc3n2)cnc1OCC. The van der Waals surface area contributed by atoms with E-state index in [1.54, 1.807) is 35.4 Å². The fourth-order valence-corrected chi connectivity index (χ4v) is 3.15. The largest absolute Gasteiger partial charge is 0.494 e. The second-order valence-electron chi connectivity index (χ2n) is 6.40. The molecule has 0 aliphatic rings. The van der Waals surface area contributed by atoms with Crippen molar-refractivity contribution in [2.45, 2.75) is 20.4 Å². The maximum atomic E-state index is 10.6. The fourth-order valence-electron chi connectivity index (χ4n) is 3.15. The molecule has 0 fully saturated rings. The van der Waals surface area contributed by atoms with Gasteiger partial charge in [-0.3, -0.25) is 9.25 Å². The minimum Gasteiger partial charge on any atom is -0.494 e. The Balaban J connectivity index is 1.73. The first-order valence-electron chi connectivity index (χ1n) is 9.51. The van der Waals surface area contributed by atoms with Crippen molar-refractivity contribution in [2.75, 3.05) is 13.2 Å². The van der Waals surface area contributed by atoms with E-state index in [9.17, 15) is 5.11 Å². The molecule has 4 rings (SSSR count). The predicted octanol–water partition coefficient (Wildman–Crippen LogP) is 3.31. The van der Waals surface area contributed by atoms with E-state index in [1.807, 2.05) is 32.0 Å². The number of aromatic hydroxyl groups is 1. The molecule has 9 heteroatoms. The quantitative estimate of drug-likeness (QED) is 0.503. The summed E-state index contributed by atoms with van der Waals surface area (Å²) in [7, 11) is 0. The van der Waals surface area contributed by atoms with Crippen molar-refractivity contribution in [3.8, 4) is 40.5 Å². The molecule has 4 aromatic heterocycles. The van der Waals surface area contributed by atoms with Crippen LogP contribution in [0.3, 0.4) is 0 Å². The first-order valence-corrected chi connectivity index (χ1v) is 9.51. The Labute approximate surface area is 172 Å². The number of aromatic nitrogens is 5. The molecule has 152 valence electrons. The van der Waals surface area contributed by atoms with Crippen molar-refractivity contribution in [1.82, 2.24) is 24.3 Å². The van der Waals surface area contributed by atoms with Gasteiger partial charge in [-0.25, -0.2) is 9.97 Å². The Morgan fingerprint density at radius 1 is 1.13 bits per heavy atom. The lowest BCUT2D eigenvalue weighted by Gasteiger charge is -2.11. The summed E-state index contributed by atoms with van der Waals surface area (Å²) in [4.78, 5) is 9.03. The minimum absolute atomic E-state index is 0.0559.